The van der Waals surface area contributed by atoms with Crippen LogP contribution in [0, 0.1) is 0 Å². The van der Waals surface area contributed by atoms with Gasteiger partial charge in [-0.1, -0.05) is 12.1 Å². The van der Waals surface area contributed by atoms with Crippen LogP contribution in [0.25, 0.3) is 21.5 Å². The summed E-state index contributed by atoms with van der Waals surface area (Å²) in [5.74, 6) is 0. The van der Waals surface area contributed by atoms with Crippen LogP contribution in [0.15, 0.2) is 98.1 Å². The minimum absolute atomic E-state index is 0. The van der Waals surface area contributed by atoms with Crippen LogP contribution in [0.2, 0.25) is 0 Å². The maximum absolute atomic E-state index is 8.25. The van der Waals surface area contributed by atoms with E-state index in [1.54, 1.807) is 0 Å². The summed E-state index contributed by atoms with van der Waals surface area (Å²) < 4.78 is 0. The number of benzene rings is 2. The van der Waals surface area contributed by atoms with E-state index in [0.717, 1.165) is 14.2 Å². The fourth-order valence-electron chi connectivity index (χ4n) is 2.14. The first-order chi connectivity index (χ1) is 11.9. The van der Waals surface area contributed by atoms with Crippen LogP contribution < -0.4 is 10.2 Å². The Kier molecular flexibility index (Phi) is 17.3. The maximum Gasteiger partial charge on any atom is 4.00 e. The van der Waals surface area contributed by atoms with Gasteiger partial charge in [0.1, 0.15) is 0 Å². The maximum atomic E-state index is 8.25. The summed E-state index contributed by atoms with van der Waals surface area (Å²) in [6.07, 6.45) is 0. The molecular weight excluding hydrogens is 387 g/mol. The molecule has 4 aromatic carbocycles. The first-order valence-corrected chi connectivity index (χ1v) is 7.46. The summed E-state index contributed by atoms with van der Waals surface area (Å²) in [6.45, 7) is 6.00. The molecule has 0 atom stereocenters. The third-order valence-corrected chi connectivity index (χ3v) is 3.10. The summed E-state index contributed by atoms with van der Waals surface area (Å²) in [7, 11) is 1.50. The van der Waals surface area contributed by atoms with Crippen LogP contribution in [0.3, 0.4) is 0 Å². The minimum atomic E-state index is 0. The molecule has 0 saturated heterocycles. The molecular formula is C22H24O2Zr. The zero-order valence-corrected chi connectivity index (χ0v) is 17.3. The molecule has 0 spiro atoms. The second-order valence-electron chi connectivity index (χ2n) is 4.31. The van der Waals surface area contributed by atoms with Crippen molar-refractivity contribution in [1.82, 2.24) is 0 Å². The second kappa shape index (κ2) is 17.0. The van der Waals surface area contributed by atoms with E-state index in [2.05, 4.69) is 98.1 Å². The van der Waals surface area contributed by atoms with Crippen molar-refractivity contribution in [2.75, 3.05) is 14.2 Å². The van der Waals surface area contributed by atoms with E-state index >= 15 is 0 Å². The Bertz CT molecular complexity index is 645. The van der Waals surface area contributed by atoms with Crippen LogP contribution in [0.5, 0.6) is 0 Å². The number of fused-ring (bicyclic) bond motifs is 2. The Morgan fingerprint density at radius 3 is 1.24 bits per heavy atom. The second-order valence-corrected chi connectivity index (χ2v) is 4.31. The average Bonchev–Trinajstić information content (AvgIpc) is 3.36. The molecule has 0 saturated carbocycles. The Morgan fingerprint density at radius 2 is 0.920 bits per heavy atom. The third kappa shape index (κ3) is 8.74. The van der Waals surface area contributed by atoms with Crippen LogP contribution in [0.1, 0.15) is 0 Å². The Hall–Kier alpha value is -1.80. The molecule has 0 aliphatic rings. The summed E-state index contributed by atoms with van der Waals surface area (Å²) in [4.78, 5) is 0. The molecule has 2 nitrogen and oxygen atoms in total. The van der Waals surface area contributed by atoms with E-state index < -0.39 is 0 Å². The van der Waals surface area contributed by atoms with E-state index in [0.29, 0.717) is 0 Å². The van der Waals surface area contributed by atoms with E-state index in [1.807, 2.05) is 0 Å². The van der Waals surface area contributed by atoms with Gasteiger partial charge in [0.15, 0.2) is 0 Å². The largest absolute Gasteiger partial charge is 4.00 e. The molecule has 4 rings (SSSR count). The van der Waals surface area contributed by atoms with Crippen molar-refractivity contribution in [2.45, 2.75) is 0 Å². The van der Waals surface area contributed by atoms with Gasteiger partial charge in [-0.25, -0.2) is 0 Å². The summed E-state index contributed by atoms with van der Waals surface area (Å²) in [5.41, 5.74) is 0. The van der Waals surface area contributed by atoms with Gasteiger partial charge in [-0.3, -0.25) is 0 Å². The normalized spacial score (nSPS) is 8.00. The van der Waals surface area contributed by atoms with Gasteiger partial charge in [-0.05, 0) is 0 Å². The van der Waals surface area contributed by atoms with Gasteiger partial charge in [0, 0.05) is 0 Å². The molecule has 0 amide bonds. The SMILES string of the molecule is C=C.C[O-].C[O-].[Zr+4].c1ccc2[cH-]ccc2c1.c1ccc2[cH-]ccc2c1. The van der Waals surface area contributed by atoms with Gasteiger partial charge in [0.05, 0.1) is 0 Å². The summed E-state index contributed by atoms with van der Waals surface area (Å²) >= 11 is 0. The molecule has 0 radical (unpaired) electrons. The minimum Gasteiger partial charge on any atom is -0.857 e. The van der Waals surface area contributed by atoms with Crippen LogP contribution in [-0.4, -0.2) is 14.2 Å². The first-order valence-electron chi connectivity index (χ1n) is 7.46. The molecule has 0 bridgehead atoms. The average molecular weight is 412 g/mol. The predicted molar refractivity (Wildman–Crippen MR) is 102 cm³/mol. The van der Waals surface area contributed by atoms with Gasteiger partial charge in [-0.2, -0.15) is 49.3 Å². The molecule has 0 aromatic heterocycles. The quantitative estimate of drug-likeness (QED) is 0.326. The molecule has 0 unspecified atom stereocenters. The zero-order valence-electron chi connectivity index (χ0n) is 14.8. The Balaban J connectivity index is 0. The van der Waals surface area contributed by atoms with Gasteiger partial charge in [-0.15, -0.1) is 72.5 Å². The van der Waals surface area contributed by atoms with E-state index in [-0.39, 0.29) is 26.2 Å². The molecule has 0 aliphatic heterocycles. The molecule has 0 fully saturated rings. The number of rotatable bonds is 0. The van der Waals surface area contributed by atoms with Crippen molar-refractivity contribution < 1.29 is 36.4 Å². The van der Waals surface area contributed by atoms with E-state index in [4.69, 9.17) is 10.2 Å². The zero-order chi connectivity index (χ0) is 18.2. The summed E-state index contributed by atoms with van der Waals surface area (Å²) in [6, 6.07) is 29.3. The predicted octanol–water partition coefficient (Wildman–Crippen LogP) is 3.87. The van der Waals surface area contributed by atoms with Crippen LogP contribution >= 0.6 is 0 Å². The van der Waals surface area contributed by atoms with Crippen molar-refractivity contribution in [2.24, 2.45) is 0 Å². The molecule has 25 heavy (non-hydrogen) atoms. The van der Waals surface area contributed by atoms with Crippen molar-refractivity contribution in [1.29, 1.82) is 0 Å². The van der Waals surface area contributed by atoms with Crippen molar-refractivity contribution in [3.05, 3.63) is 98.1 Å². The van der Waals surface area contributed by atoms with Crippen LogP contribution in [0.4, 0.5) is 0 Å². The van der Waals surface area contributed by atoms with E-state index in [9.17, 15) is 0 Å². The molecule has 4 aromatic rings. The number of hydrogen-bond donors (Lipinski definition) is 0. The van der Waals surface area contributed by atoms with Crippen molar-refractivity contribution in [3.63, 3.8) is 0 Å². The Labute approximate surface area is 169 Å². The van der Waals surface area contributed by atoms with Crippen molar-refractivity contribution in [3.8, 4) is 0 Å². The Morgan fingerprint density at radius 1 is 0.600 bits per heavy atom. The first kappa shape index (κ1) is 25.4. The molecule has 128 valence electrons. The fourth-order valence-corrected chi connectivity index (χ4v) is 2.14. The third-order valence-electron chi connectivity index (χ3n) is 3.10. The molecule has 0 N–H and O–H groups in total. The van der Waals surface area contributed by atoms with Gasteiger partial charge in [0.2, 0.25) is 0 Å². The van der Waals surface area contributed by atoms with Gasteiger partial charge < -0.3 is 10.2 Å². The van der Waals surface area contributed by atoms with Crippen LogP contribution in [-0.2, 0) is 26.2 Å². The topological polar surface area (TPSA) is 46.1 Å². The fraction of sp³-hybridized carbons (Fsp3) is 0.0909. The van der Waals surface area contributed by atoms with Gasteiger partial charge in [0.25, 0.3) is 0 Å². The van der Waals surface area contributed by atoms with Crippen molar-refractivity contribution >= 4 is 21.5 Å². The number of hydrogen-bond acceptors (Lipinski definition) is 2. The monoisotopic (exact) mass is 410 g/mol. The molecule has 3 heteroatoms. The molecule has 0 heterocycles. The smallest absolute Gasteiger partial charge is 0.857 e. The molecule has 0 aliphatic carbocycles. The van der Waals surface area contributed by atoms with Gasteiger partial charge >= 0.3 is 26.2 Å². The standard InChI is InChI=1S/2C9H7.C2H4.2CH3O.Zr/c2*1-2-5-9-7-3-6-8(9)4-1;3*1-2;/h2*1-7H;1-2H2;2*1H3;/q2*-1;;2*-1;+4. The van der Waals surface area contributed by atoms with E-state index in [1.165, 1.54) is 21.5 Å². The summed E-state index contributed by atoms with van der Waals surface area (Å²) in [5, 5.41) is 21.8.